The lowest BCUT2D eigenvalue weighted by Crippen LogP contribution is -2.40. The Morgan fingerprint density at radius 2 is 2.00 bits per heavy atom. The molecule has 2 N–H and O–H groups in total. The van der Waals surface area contributed by atoms with Gasteiger partial charge in [-0.05, 0) is 43.7 Å². The van der Waals surface area contributed by atoms with Gasteiger partial charge >= 0.3 is 0 Å². The lowest BCUT2D eigenvalue weighted by molar-refractivity contribution is 0.0449. The van der Waals surface area contributed by atoms with Crippen LogP contribution in [0, 0.1) is 5.92 Å². The number of carbonyl (C=O) groups is 1. The summed E-state index contributed by atoms with van der Waals surface area (Å²) in [4.78, 5) is 12.3. The number of hydrogen-bond acceptors (Lipinski definition) is 3. The van der Waals surface area contributed by atoms with Crippen LogP contribution < -0.4 is 10.1 Å². The third kappa shape index (κ3) is 3.76. The fourth-order valence-corrected chi connectivity index (χ4v) is 2.82. The van der Waals surface area contributed by atoms with E-state index in [1.54, 1.807) is 6.07 Å². The topological polar surface area (TPSA) is 58.6 Å². The standard InChI is InChI=1S/C17H23NO3/c19-16(18-12-17(20)9-3-4-10-17)14-5-1-2-6-15(14)21-11-13-7-8-13/h1-2,5-6,13,20H,3-4,7-12H2,(H,18,19). The van der Waals surface area contributed by atoms with E-state index >= 15 is 0 Å². The van der Waals surface area contributed by atoms with Crippen LogP contribution in [-0.4, -0.2) is 29.8 Å². The summed E-state index contributed by atoms with van der Waals surface area (Å²) in [6.45, 7) is 1.01. The van der Waals surface area contributed by atoms with Gasteiger partial charge in [-0.1, -0.05) is 25.0 Å². The van der Waals surface area contributed by atoms with E-state index in [-0.39, 0.29) is 5.91 Å². The summed E-state index contributed by atoms with van der Waals surface area (Å²) in [6, 6.07) is 7.32. The molecule has 1 aromatic rings. The minimum atomic E-state index is -0.723. The molecule has 4 heteroatoms. The van der Waals surface area contributed by atoms with Crippen LogP contribution >= 0.6 is 0 Å². The third-order valence-electron chi connectivity index (χ3n) is 4.42. The molecule has 4 nitrogen and oxygen atoms in total. The summed E-state index contributed by atoms with van der Waals surface area (Å²) in [5.74, 6) is 1.13. The monoisotopic (exact) mass is 289 g/mol. The largest absolute Gasteiger partial charge is 0.492 e. The van der Waals surface area contributed by atoms with Crippen molar-refractivity contribution in [3.05, 3.63) is 29.8 Å². The van der Waals surface area contributed by atoms with Gasteiger partial charge in [0, 0.05) is 6.54 Å². The van der Waals surface area contributed by atoms with E-state index < -0.39 is 5.60 Å². The van der Waals surface area contributed by atoms with Crippen molar-refractivity contribution in [3.63, 3.8) is 0 Å². The number of rotatable bonds is 6. The predicted octanol–water partition coefficient (Wildman–Crippen LogP) is 2.51. The minimum Gasteiger partial charge on any atom is -0.492 e. The number of aliphatic hydroxyl groups is 1. The molecule has 0 aromatic heterocycles. The van der Waals surface area contributed by atoms with Crippen molar-refractivity contribution in [2.24, 2.45) is 5.92 Å². The van der Waals surface area contributed by atoms with E-state index in [1.807, 2.05) is 18.2 Å². The molecule has 0 unspecified atom stereocenters. The fourth-order valence-electron chi connectivity index (χ4n) is 2.82. The van der Waals surface area contributed by atoms with Crippen LogP contribution in [0.2, 0.25) is 0 Å². The first-order valence-electron chi connectivity index (χ1n) is 7.89. The lowest BCUT2D eigenvalue weighted by atomic mass is 10.0. The maximum absolute atomic E-state index is 12.3. The quantitative estimate of drug-likeness (QED) is 0.846. The first-order valence-corrected chi connectivity index (χ1v) is 7.89. The van der Waals surface area contributed by atoms with Gasteiger partial charge in [0.1, 0.15) is 5.75 Å². The Kier molecular flexibility index (Phi) is 4.15. The van der Waals surface area contributed by atoms with E-state index in [2.05, 4.69) is 5.32 Å². The average Bonchev–Trinajstić information content (AvgIpc) is 3.24. The van der Waals surface area contributed by atoms with Crippen molar-refractivity contribution >= 4 is 5.91 Å². The highest BCUT2D eigenvalue weighted by Crippen LogP contribution is 2.31. The van der Waals surface area contributed by atoms with Crippen molar-refractivity contribution in [1.29, 1.82) is 0 Å². The van der Waals surface area contributed by atoms with E-state index in [0.29, 0.717) is 30.4 Å². The molecule has 2 saturated carbocycles. The van der Waals surface area contributed by atoms with E-state index in [4.69, 9.17) is 4.74 Å². The van der Waals surface area contributed by atoms with Crippen LogP contribution in [0.15, 0.2) is 24.3 Å². The first kappa shape index (κ1) is 14.4. The van der Waals surface area contributed by atoms with Crippen molar-refractivity contribution in [2.75, 3.05) is 13.2 Å². The summed E-state index contributed by atoms with van der Waals surface area (Å²) in [5.41, 5.74) is -0.167. The van der Waals surface area contributed by atoms with Crippen LogP contribution in [-0.2, 0) is 0 Å². The molecule has 0 spiro atoms. The highest BCUT2D eigenvalue weighted by molar-refractivity contribution is 5.96. The number of ether oxygens (including phenoxy) is 1. The second-order valence-corrected chi connectivity index (χ2v) is 6.36. The van der Waals surface area contributed by atoms with Gasteiger partial charge in [0.2, 0.25) is 0 Å². The van der Waals surface area contributed by atoms with Crippen molar-refractivity contribution < 1.29 is 14.6 Å². The summed E-state index contributed by atoms with van der Waals surface area (Å²) in [6.07, 6.45) is 6.06. The van der Waals surface area contributed by atoms with Crippen LogP contribution in [0.25, 0.3) is 0 Å². The molecule has 0 heterocycles. The number of nitrogens with one attached hydrogen (secondary N) is 1. The number of carbonyl (C=O) groups excluding carboxylic acids is 1. The molecule has 0 radical (unpaired) electrons. The highest BCUT2D eigenvalue weighted by Gasteiger charge is 2.31. The van der Waals surface area contributed by atoms with Gasteiger partial charge in [0.25, 0.3) is 5.91 Å². The van der Waals surface area contributed by atoms with Gasteiger partial charge < -0.3 is 15.2 Å². The van der Waals surface area contributed by atoms with Crippen LogP contribution in [0.4, 0.5) is 0 Å². The second-order valence-electron chi connectivity index (χ2n) is 6.36. The molecule has 0 atom stereocenters. The fraction of sp³-hybridized carbons (Fsp3) is 0.588. The van der Waals surface area contributed by atoms with Crippen LogP contribution in [0.1, 0.15) is 48.9 Å². The van der Waals surface area contributed by atoms with Gasteiger partial charge in [0.05, 0.1) is 17.8 Å². The number of hydrogen-bond donors (Lipinski definition) is 2. The molecule has 114 valence electrons. The molecule has 0 aliphatic heterocycles. The minimum absolute atomic E-state index is 0.165. The molecular weight excluding hydrogens is 266 g/mol. The zero-order valence-corrected chi connectivity index (χ0v) is 12.3. The number of para-hydroxylation sites is 1. The Morgan fingerprint density at radius 3 is 2.71 bits per heavy atom. The number of benzene rings is 1. The molecule has 2 fully saturated rings. The van der Waals surface area contributed by atoms with E-state index in [9.17, 15) is 9.90 Å². The maximum atomic E-state index is 12.3. The van der Waals surface area contributed by atoms with Gasteiger partial charge in [-0.15, -0.1) is 0 Å². The van der Waals surface area contributed by atoms with Crippen molar-refractivity contribution in [1.82, 2.24) is 5.32 Å². The zero-order chi connectivity index (χ0) is 14.7. The van der Waals surface area contributed by atoms with Crippen LogP contribution in [0.3, 0.4) is 0 Å². The zero-order valence-electron chi connectivity index (χ0n) is 12.3. The molecule has 1 amide bonds. The molecule has 2 aliphatic rings. The normalized spacial score (nSPS) is 20.2. The third-order valence-corrected chi connectivity index (χ3v) is 4.42. The van der Waals surface area contributed by atoms with Gasteiger partial charge in [-0.2, -0.15) is 0 Å². The van der Waals surface area contributed by atoms with Crippen molar-refractivity contribution in [3.8, 4) is 5.75 Å². The smallest absolute Gasteiger partial charge is 0.255 e. The first-order chi connectivity index (χ1) is 10.2. The summed E-state index contributed by atoms with van der Waals surface area (Å²) in [7, 11) is 0. The molecule has 0 bridgehead atoms. The Bertz CT molecular complexity index is 505. The molecule has 21 heavy (non-hydrogen) atoms. The lowest BCUT2D eigenvalue weighted by Gasteiger charge is -2.22. The molecule has 2 aliphatic carbocycles. The van der Waals surface area contributed by atoms with Gasteiger partial charge in [-0.3, -0.25) is 4.79 Å². The van der Waals surface area contributed by atoms with E-state index in [1.165, 1.54) is 12.8 Å². The Balaban J connectivity index is 1.60. The van der Waals surface area contributed by atoms with E-state index in [0.717, 1.165) is 25.7 Å². The molecule has 0 saturated heterocycles. The Labute approximate surface area is 125 Å². The summed E-state index contributed by atoms with van der Waals surface area (Å²) >= 11 is 0. The van der Waals surface area contributed by atoms with Crippen molar-refractivity contribution in [2.45, 2.75) is 44.1 Å². The second kappa shape index (κ2) is 6.06. The predicted molar refractivity (Wildman–Crippen MR) is 80.4 cm³/mol. The Hall–Kier alpha value is -1.55. The summed E-state index contributed by atoms with van der Waals surface area (Å²) in [5, 5.41) is 13.2. The average molecular weight is 289 g/mol. The molecule has 3 rings (SSSR count). The molecule has 1 aromatic carbocycles. The maximum Gasteiger partial charge on any atom is 0.255 e. The highest BCUT2D eigenvalue weighted by atomic mass is 16.5. The summed E-state index contributed by atoms with van der Waals surface area (Å²) < 4.78 is 5.76. The molecular formula is C17H23NO3. The van der Waals surface area contributed by atoms with Gasteiger partial charge in [-0.25, -0.2) is 0 Å². The van der Waals surface area contributed by atoms with Crippen LogP contribution in [0.5, 0.6) is 5.75 Å². The number of amides is 1. The van der Waals surface area contributed by atoms with Gasteiger partial charge in [0.15, 0.2) is 0 Å². The SMILES string of the molecule is O=C(NCC1(O)CCCC1)c1ccccc1OCC1CC1. The Morgan fingerprint density at radius 1 is 1.29 bits per heavy atom.